The van der Waals surface area contributed by atoms with E-state index >= 15 is 0 Å². The molecule has 1 aliphatic heterocycles. The maximum absolute atomic E-state index is 6.28. The van der Waals surface area contributed by atoms with Crippen molar-refractivity contribution in [3.05, 3.63) is 29.8 Å². The summed E-state index contributed by atoms with van der Waals surface area (Å²) < 4.78 is 5.17. The standard InChI is InChI=1S/C16H27N3O/c1-18(11-12-19-9-3-4-10-19)13-16(17)14-5-7-15(20-2)8-6-14/h5-8,16H,3-4,9-13,17H2,1-2H3. The van der Waals surface area contributed by atoms with E-state index in [0.29, 0.717) is 0 Å². The maximum Gasteiger partial charge on any atom is 0.118 e. The molecule has 0 bridgehead atoms. The molecule has 1 unspecified atom stereocenters. The number of rotatable bonds is 7. The van der Waals surface area contributed by atoms with E-state index in [1.54, 1.807) is 7.11 Å². The molecule has 1 heterocycles. The Bertz CT molecular complexity index is 387. The van der Waals surface area contributed by atoms with E-state index in [-0.39, 0.29) is 6.04 Å². The van der Waals surface area contributed by atoms with Crippen molar-refractivity contribution in [3.63, 3.8) is 0 Å². The second-order valence-electron chi connectivity index (χ2n) is 5.69. The molecule has 4 heteroatoms. The third-order valence-electron chi connectivity index (χ3n) is 4.05. The summed E-state index contributed by atoms with van der Waals surface area (Å²) in [6.45, 7) is 5.66. The van der Waals surface area contributed by atoms with Crippen molar-refractivity contribution in [3.8, 4) is 5.75 Å². The van der Waals surface area contributed by atoms with Crippen molar-refractivity contribution < 1.29 is 4.74 Å². The van der Waals surface area contributed by atoms with Gasteiger partial charge in [-0.05, 0) is 50.7 Å². The van der Waals surface area contributed by atoms with Crippen molar-refractivity contribution in [1.82, 2.24) is 9.80 Å². The number of hydrogen-bond acceptors (Lipinski definition) is 4. The van der Waals surface area contributed by atoms with E-state index in [4.69, 9.17) is 10.5 Å². The molecule has 1 aromatic carbocycles. The number of ether oxygens (including phenoxy) is 1. The molecule has 1 atom stereocenters. The zero-order valence-corrected chi connectivity index (χ0v) is 12.7. The van der Waals surface area contributed by atoms with Gasteiger partial charge in [0.1, 0.15) is 5.75 Å². The third kappa shape index (κ3) is 4.47. The summed E-state index contributed by atoms with van der Waals surface area (Å²) >= 11 is 0. The lowest BCUT2D eigenvalue weighted by atomic mass is 10.1. The molecule has 1 saturated heterocycles. The van der Waals surface area contributed by atoms with Crippen LogP contribution >= 0.6 is 0 Å². The van der Waals surface area contributed by atoms with Gasteiger partial charge in [0.15, 0.2) is 0 Å². The molecule has 0 saturated carbocycles. The van der Waals surface area contributed by atoms with Crippen LogP contribution in [-0.2, 0) is 0 Å². The highest BCUT2D eigenvalue weighted by molar-refractivity contribution is 5.29. The average Bonchev–Trinajstić information content (AvgIpc) is 2.98. The van der Waals surface area contributed by atoms with E-state index in [2.05, 4.69) is 29.0 Å². The Morgan fingerprint density at radius 2 is 1.90 bits per heavy atom. The molecule has 1 fully saturated rings. The van der Waals surface area contributed by atoms with Gasteiger partial charge in [-0.15, -0.1) is 0 Å². The van der Waals surface area contributed by atoms with Crippen LogP contribution in [0, 0.1) is 0 Å². The molecule has 20 heavy (non-hydrogen) atoms. The molecule has 1 aromatic rings. The molecule has 0 aromatic heterocycles. The SMILES string of the molecule is COc1ccc(C(N)CN(C)CCN2CCCC2)cc1. The van der Waals surface area contributed by atoms with E-state index < -0.39 is 0 Å². The van der Waals surface area contributed by atoms with Crippen molar-refractivity contribution in [2.75, 3.05) is 46.9 Å². The second-order valence-corrected chi connectivity index (χ2v) is 5.69. The predicted octanol–water partition coefficient (Wildman–Crippen LogP) is 1.72. The van der Waals surface area contributed by atoms with Crippen LogP contribution in [0.2, 0.25) is 0 Å². The Kier molecular flexibility index (Phi) is 5.83. The summed E-state index contributed by atoms with van der Waals surface area (Å²) in [4.78, 5) is 4.86. The minimum atomic E-state index is 0.0597. The number of nitrogens with zero attached hydrogens (tertiary/aromatic N) is 2. The molecule has 112 valence electrons. The Morgan fingerprint density at radius 1 is 1.25 bits per heavy atom. The monoisotopic (exact) mass is 277 g/mol. The molecule has 0 aliphatic carbocycles. The molecule has 0 radical (unpaired) electrons. The molecule has 2 rings (SSSR count). The van der Waals surface area contributed by atoms with Crippen LogP contribution in [0.4, 0.5) is 0 Å². The summed E-state index contributed by atoms with van der Waals surface area (Å²) in [7, 11) is 3.83. The number of likely N-dealkylation sites (tertiary alicyclic amines) is 1. The first-order valence-electron chi connectivity index (χ1n) is 7.49. The van der Waals surface area contributed by atoms with Gasteiger partial charge in [-0.3, -0.25) is 0 Å². The van der Waals surface area contributed by atoms with Crippen LogP contribution in [0.25, 0.3) is 0 Å². The Labute approximate surface area is 122 Å². The van der Waals surface area contributed by atoms with Crippen molar-refractivity contribution in [1.29, 1.82) is 0 Å². The largest absolute Gasteiger partial charge is 0.497 e. The number of likely N-dealkylation sites (N-methyl/N-ethyl adjacent to an activating group) is 1. The van der Waals surface area contributed by atoms with Gasteiger partial charge in [0.05, 0.1) is 7.11 Å². The fraction of sp³-hybridized carbons (Fsp3) is 0.625. The molecule has 4 nitrogen and oxygen atoms in total. The summed E-state index contributed by atoms with van der Waals surface area (Å²) in [6.07, 6.45) is 2.71. The summed E-state index contributed by atoms with van der Waals surface area (Å²) in [5, 5.41) is 0. The molecular formula is C16H27N3O. The van der Waals surface area contributed by atoms with Gasteiger partial charge in [0.25, 0.3) is 0 Å². The maximum atomic E-state index is 6.28. The normalized spacial score (nSPS) is 17.6. The number of benzene rings is 1. The highest BCUT2D eigenvalue weighted by Crippen LogP contribution is 2.16. The molecule has 0 spiro atoms. The number of methoxy groups -OCH3 is 1. The molecule has 2 N–H and O–H groups in total. The fourth-order valence-electron chi connectivity index (χ4n) is 2.70. The topological polar surface area (TPSA) is 41.7 Å². The van der Waals surface area contributed by atoms with Crippen LogP contribution in [0.1, 0.15) is 24.4 Å². The first-order valence-corrected chi connectivity index (χ1v) is 7.49. The van der Waals surface area contributed by atoms with E-state index in [1.807, 2.05) is 12.1 Å². The van der Waals surface area contributed by atoms with Gasteiger partial charge in [0, 0.05) is 25.7 Å². The average molecular weight is 277 g/mol. The van der Waals surface area contributed by atoms with Crippen molar-refractivity contribution in [2.45, 2.75) is 18.9 Å². The van der Waals surface area contributed by atoms with Gasteiger partial charge >= 0.3 is 0 Å². The summed E-state index contributed by atoms with van der Waals surface area (Å²) in [5.41, 5.74) is 7.44. The van der Waals surface area contributed by atoms with Gasteiger partial charge in [-0.25, -0.2) is 0 Å². The van der Waals surface area contributed by atoms with E-state index in [0.717, 1.165) is 25.4 Å². The first kappa shape index (κ1) is 15.3. The molecular weight excluding hydrogens is 250 g/mol. The lowest BCUT2D eigenvalue weighted by Gasteiger charge is -2.24. The quantitative estimate of drug-likeness (QED) is 0.824. The Balaban J connectivity index is 1.75. The van der Waals surface area contributed by atoms with Gasteiger partial charge in [-0.1, -0.05) is 12.1 Å². The predicted molar refractivity (Wildman–Crippen MR) is 83.1 cm³/mol. The summed E-state index contributed by atoms with van der Waals surface area (Å²) in [6, 6.07) is 8.11. The highest BCUT2D eigenvalue weighted by atomic mass is 16.5. The van der Waals surface area contributed by atoms with Gasteiger partial charge in [0.2, 0.25) is 0 Å². The van der Waals surface area contributed by atoms with Crippen molar-refractivity contribution in [2.24, 2.45) is 5.73 Å². The lowest BCUT2D eigenvalue weighted by Crippen LogP contribution is -2.35. The molecule has 0 amide bonds. The van der Waals surface area contributed by atoms with Gasteiger partial charge < -0.3 is 20.3 Å². The minimum absolute atomic E-state index is 0.0597. The first-order chi connectivity index (χ1) is 9.69. The Hall–Kier alpha value is -1.10. The third-order valence-corrected chi connectivity index (χ3v) is 4.05. The second kappa shape index (κ2) is 7.62. The number of hydrogen-bond donors (Lipinski definition) is 1. The van der Waals surface area contributed by atoms with Gasteiger partial charge in [-0.2, -0.15) is 0 Å². The number of nitrogens with two attached hydrogens (primary N) is 1. The van der Waals surface area contributed by atoms with Crippen LogP contribution in [-0.4, -0.2) is 56.7 Å². The lowest BCUT2D eigenvalue weighted by molar-refractivity contribution is 0.248. The van der Waals surface area contributed by atoms with Crippen LogP contribution in [0.5, 0.6) is 5.75 Å². The smallest absolute Gasteiger partial charge is 0.118 e. The Morgan fingerprint density at radius 3 is 2.50 bits per heavy atom. The van der Waals surface area contributed by atoms with Crippen molar-refractivity contribution >= 4 is 0 Å². The zero-order valence-electron chi connectivity index (χ0n) is 12.7. The fourth-order valence-corrected chi connectivity index (χ4v) is 2.70. The van der Waals surface area contributed by atoms with Crippen LogP contribution in [0.3, 0.4) is 0 Å². The van der Waals surface area contributed by atoms with E-state index in [9.17, 15) is 0 Å². The molecule has 1 aliphatic rings. The van der Waals surface area contributed by atoms with Crippen LogP contribution in [0.15, 0.2) is 24.3 Å². The summed E-state index contributed by atoms with van der Waals surface area (Å²) in [5.74, 6) is 0.878. The minimum Gasteiger partial charge on any atom is -0.497 e. The zero-order chi connectivity index (χ0) is 14.4. The van der Waals surface area contributed by atoms with Crippen LogP contribution < -0.4 is 10.5 Å². The highest BCUT2D eigenvalue weighted by Gasteiger charge is 2.13. The van der Waals surface area contributed by atoms with E-state index in [1.165, 1.54) is 31.5 Å².